The molecule has 1 amide bonds. The first-order valence-electron chi connectivity index (χ1n) is 8.82. The molecule has 4 rings (SSSR count). The fraction of sp³-hybridized carbons (Fsp3) is 0.350. The molecule has 0 bridgehead atoms. The van der Waals surface area contributed by atoms with Crippen LogP contribution in [0.2, 0.25) is 0 Å². The van der Waals surface area contributed by atoms with Gasteiger partial charge in [-0.3, -0.25) is 9.69 Å². The average Bonchev–Trinajstić information content (AvgIpc) is 3.17. The van der Waals surface area contributed by atoms with E-state index in [0.29, 0.717) is 18.5 Å². The summed E-state index contributed by atoms with van der Waals surface area (Å²) in [6, 6.07) is 11.3. The van der Waals surface area contributed by atoms with E-state index in [1.54, 1.807) is 0 Å². The summed E-state index contributed by atoms with van der Waals surface area (Å²) < 4.78 is 43.4. The van der Waals surface area contributed by atoms with E-state index in [2.05, 4.69) is 5.32 Å². The molecule has 2 aromatic carbocycles. The van der Waals surface area contributed by atoms with Crippen LogP contribution in [0.15, 0.2) is 40.8 Å². The average molecular weight is 376 g/mol. The van der Waals surface area contributed by atoms with Gasteiger partial charge in [-0.25, -0.2) is 0 Å². The molecule has 3 aromatic rings. The number of nitrogens with zero attached hydrogens (tertiary/aromatic N) is 1. The Morgan fingerprint density at radius 1 is 1.22 bits per heavy atom. The number of alkyl halides is 3. The van der Waals surface area contributed by atoms with Gasteiger partial charge in [-0.1, -0.05) is 36.4 Å². The van der Waals surface area contributed by atoms with Gasteiger partial charge in [0, 0.05) is 35.5 Å². The van der Waals surface area contributed by atoms with Crippen molar-refractivity contribution < 1.29 is 22.4 Å². The second-order valence-electron chi connectivity index (χ2n) is 7.03. The highest BCUT2D eigenvalue weighted by Crippen LogP contribution is 2.32. The molecule has 27 heavy (non-hydrogen) atoms. The van der Waals surface area contributed by atoms with E-state index in [-0.39, 0.29) is 24.3 Å². The maximum atomic E-state index is 12.7. The molecular weight excluding hydrogens is 357 g/mol. The molecule has 4 nitrogen and oxygen atoms in total. The predicted molar refractivity (Wildman–Crippen MR) is 96.8 cm³/mol. The lowest BCUT2D eigenvalue weighted by Gasteiger charge is -2.18. The Labute approximate surface area is 153 Å². The lowest BCUT2D eigenvalue weighted by molar-refractivity contribution is -0.143. The number of amides is 1. The highest BCUT2D eigenvalue weighted by atomic mass is 19.4. The van der Waals surface area contributed by atoms with Crippen molar-refractivity contribution in [3.05, 3.63) is 47.7 Å². The van der Waals surface area contributed by atoms with Gasteiger partial charge in [0.15, 0.2) is 5.76 Å². The van der Waals surface area contributed by atoms with Crippen LogP contribution in [0.3, 0.4) is 0 Å². The number of nitrogens with one attached hydrogen (secondary N) is 1. The largest absolute Gasteiger partial charge is 0.450 e. The molecular formula is C20H19F3N2O2. The Bertz CT molecular complexity index is 1010. The summed E-state index contributed by atoms with van der Waals surface area (Å²) in [4.78, 5) is 14.0. The fourth-order valence-corrected chi connectivity index (χ4v) is 3.76. The summed E-state index contributed by atoms with van der Waals surface area (Å²) in [5.74, 6) is -0.165. The molecule has 1 fully saturated rings. The molecule has 7 heteroatoms. The molecule has 1 aliphatic heterocycles. The van der Waals surface area contributed by atoms with Crippen LogP contribution in [-0.4, -0.2) is 42.7 Å². The van der Waals surface area contributed by atoms with Gasteiger partial charge < -0.3 is 9.73 Å². The van der Waals surface area contributed by atoms with Gasteiger partial charge in [-0.05, 0) is 18.7 Å². The van der Waals surface area contributed by atoms with Crippen LogP contribution in [0.5, 0.6) is 0 Å². The minimum absolute atomic E-state index is 0.188. The number of hydrogen-bond acceptors (Lipinski definition) is 3. The van der Waals surface area contributed by atoms with Gasteiger partial charge in [0.2, 0.25) is 0 Å². The van der Waals surface area contributed by atoms with Crippen LogP contribution < -0.4 is 5.32 Å². The molecule has 142 valence electrons. The molecule has 0 radical (unpaired) electrons. The fourth-order valence-electron chi connectivity index (χ4n) is 3.76. The number of benzene rings is 2. The molecule has 1 saturated heterocycles. The van der Waals surface area contributed by atoms with Crippen LogP contribution >= 0.6 is 0 Å². The van der Waals surface area contributed by atoms with E-state index in [0.717, 1.165) is 21.7 Å². The molecule has 0 spiro atoms. The van der Waals surface area contributed by atoms with E-state index >= 15 is 0 Å². The number of fused-ring (bicyclic) bond motifs is 3. The number of likely N-dealkylation sites (tertiary alicyclic amines) is 1. The third kappa shape index (κ3) is 3.51. The first kappa shape index (κ1) is 17.9. The van der Waals surface area contributed by atoms with Gasteiger partial charge in [-0.15, -0.1) is 0 Å². The first-order valence-corrected chi connectivity index (χ1v) is 8.82. The van der Waals surface area contributed by atoms with Gasteiger partial charge in [0.25, 0.3) is 5.91 Å². The van der Waals surface area contributed by atoms with Crippen molar-refractivity contribution in [1.82, 2.24) is 10.2 Å². The number of halogens is 3. The third-order valence-corrected chi connectivity index (χ3v) is 5.05. The molecule has 1 atom stereocenters. The van der Waals surface area contributed by atoms with Crippen molar-refractivity contribution in [3.8, 4) is 0 Å². The number of carbonyl (C=O) groups excluding carboxylic acids is 1. The molecule has 0 saturated carbocycles. The Kier molecular flexibility index (Phi) is 4.34. The van der Waals surface area contributed by atoms with E-state index in [9.17, 15) is 18.0 Å². The number of rotatable bonds is 3. The first-order chi connectivity index (χ1) is 12.8. The second kappa shape index (κ2) is 6.56. The summed E-state index contributed by atoms with van der Waals surface area (Å²) in [6.45, 7) is 1.37. The van der Waals surface area contributed by atoms with Crippen LogP contribution in [0.25, 0.3) is 21.7 Å². The van der Waals surface area contributed by atoms with E-state index in [4.69, 9.17) is 4.42 Å². The zero-order valence-electron chi connectivity index (χ0n) is 14.8. The minimum atomic E-state index is -4.23. The van der Waals surface area contributed by atoms with Crippen LogP contribution in [-0.2, 0) is 0 Å². The zero-order valence-corrected chi connectivity index (χ0v) is 14.8. The summed E-state index contributed by atoms with van der Waals surface area (Å²) in [5, 5.41) is 5.63. The highest BCUT2D eigenvalue weighted by Gasteiger charge is 2.35. The zero-order chi connectivity index (χ0) is 19.2. The van der Waals surface area contributed by atoms with Crippen LogP contribution in [0.1, 0.15) is 22.5 Å². The Balaban J connectivity index is 1.55. The monoisotopic (exact) mass is 376 g/mol. The highest BCUT2D eigenvalue weighted by molar-refractivity contribution is 6.08. The van der Waals surface area contributed by atoms with Crippen molar-refractivity contribution >= 4 is 27.6 Å². The number of carbonyl (C=O) groups is 1. The molecule has 1 N–H and O–H groups in total. The van der Waals surface area contributed by atoms with Gasteiger partial charge in [0.05, 0.1) is 6.54 Å². The second-order valence-corrected chi connectivity index (χ2v) is 7.03. The molecule has 0 aliphatic carbocycles. The lowest BCUT2D eigenvalue weighted by atomic mass is 10.1. The van der Waals surface area contributed by atoms with Crippen molar-refractivity contribution in [3.63, 3.8) is 0 Å². The van der Waals surface area contributed by atoms with Gasteiger partial charge in [-0.2, -0.15) is 13.2 Å². The summed E-state index contributed by atoms with van der Waals surface area (Å²) in [5.41, 5.74) is 1.39. The quantitative estimate of drug-likeness (QED) is 0.743. The van der Waals surface area contributed by atoms with E-state index < -0.39 is 12.7 Å². The van der Waals surface area contributed by atoms with Crippen molar-refractivity contribution in [2.75, 3.05) is 19.6 Å². The smallest absolute Gasteiger partial charge is 0.401 e. The molecule has 1 aliphatic rings. The standard InChI is InChI=1S/C20H19F3N2O2/c1-12-15-7-6-13-4-2-3-5-16(13)18(15)27-17(12)19(26)24-14-8-9-25(10-14)11-20(21,22)23/h2-7,14H,8-11H2,1H3,(H,24,26)/t14-/m0/s1. The Hall–Kier alpha value is -2.54. The molecule has 0 unspecified atom stereocenters. The predicted octanol–water partition coefficient (Wildman–Crippen LogP) is 4.26. The van der Waals surface area contributed by atoms with Crippen molar-refractivity contribution in [1.29, 1.82) is 0 Å². The van der Waals surface area contributed by atoms with Gasteiger partial charge >= 0.3 is 6.18 Å². The summed E-state index contributed by atoms with van der Waals surface area (Å²) >= 11 is 0. The third-order valence-electron chi connectivity index (χ3n) is 5.05. The number of furan rings is 1. The van der Waals surface area contributed by atoms with Crippen molar-refractivity contribution in [2.24, 2.45) is 0 Å². The summed E-state index contributed by atoms with van der Waals surface area (Å²) in [7, 11) is 0. The normalized spacial score (nSPS) is 18.4. The van der Waals surface area contributed by atoms with Crippen LogP contribution in [0.4, 0.5) is 13.2 Å². The van der Waals surface area contributed by atoms with E-state index in [1.165, 1.54) is 4.90 Å². The van der Waals surface area contributed by atoms with Gasteiger partial charge in [0.1, 0.15) is 5.58 Å². The lowest BCUT2D eigenvalue weighted by Crippen LogP contribution is -2.39. The maximum absolute atomic E-state index is 12.7. The topological polar surface area (TPSA) is 45.5 Å². The molecule has 1 aromatic heterocycles. The SMILES string of the molecule is Cc1c(C(=O)N[C@H]2CCN(CC(F)(F)F)C2)oc2c1ccc1ccccc12. The maximum Gasteiger partial charge on any atom is 0.401 e. The van der Waals surface area contributed by atoms with E-state index in [1.807, 2.05) is 43.3 Å². The molecule has 2 heterocycles. The number of hydrogen-bond donors (Lipinski definition) is 1. The summed E-state index contributed by atoms with van der Waals surface area (Å²) in [6.07, 6.45) is -3.74. The Morgan fingerprint density at radius 2 is 2.00 bits per heavy atom. The number of aryl methyl sites for hydroxylation is 1. The Morgan fingerprint density at radius 3 is 2.78 bits per heavy atom. The minimum Gasteiger partial charge on any atom is -0.450 e. The van der Waals surface area contributed by atoms with Crippen molar-refractivity contribution in [2.45, 2.75) is 25.6 Å². The van der Waals surface area contributed by atoms with Crippen LogP contribution in [0, 0.1) is 6.92 Å².